The number of hydrogen-bond acceptors (Lipinski definition) is 3. The third-order valence-corrected chi connectivity index (χ3v) is 2.64. The van der Waals surface area contributed by atoms with Crippen molar-refractivity contribution in [2.75, 3.05) is 5.01 Å². The van der Waals surface area contributed by atoms with Crippen molar-refractivity contribution in [1.29, 1.82) is 0 Å². The Morgan fingerprint density at radius 2 is 1.93 bits per heavy atom. The van der Waals surface area contributed by atoms with E-state index in [1.54, 1.807) is 13.8 Å². The van der Waals surface area contributed by atoms with E-state index in [1.807, 2.05) is 30.3 Å². The SMILES string of the molecule is CC1=NN(c2ccccc2)C(=O)[C@]1(C)N. The normalized spacial score (nSPS) is 25.7. The maximum Gasteiger partial charge on any atom is 0.273 e. The highest BCUT2D eigenvalue weighted by atomic mass is 16.2. The van der Waals surface area contributed by atoms with Crippen LogP contribution in [0.2, 0.25) is 0 Å². The Bertz CT molecular complexity index is 423. The van der Waals surface area contributed by atoms with Crippen molar-refractivity contribution < 1.29 is 4.79 Å². The third kappa shape index (κ3) is 1.43. The van der Waals surface area contributed by atoms with Gasteiger partial charge in [0.15, 0.2) is 0 Å². The summed E-state index contributed by atoms with van der Waals surface area (Å²) >= 11 is 0. The molecule has 4 nitrogen and oxygen atoms in total. The first-order valence-corrected chi connectivity index (χ1v) is 4.77. The van der Waals surface area contributed by atoms with Crippen LogP contribution >= 0.6 is 0 Å². The number of rotatable bonds is 1. The molecule has 0 aliphatic carbocycles. The number of nitrogens with two attached hydrogens (primary N) is 1. The molecule has 15 heavy (non-hydrogen) atoms. The zero-order chi connectivity index (χ0) is 11.1. The molecule has 1 aromatic rings. The first-order chi connectivity index (χ1) is 7.03. The van der Waals surface area contributed by atoms with Gasteiger partial charge in [-0.3, -0.25) is 4.79 Å². The van der Waals surface area contributed by atoms with E-state index in [1.165, 1.54) is 5.01 Å². The molecule has 2 N–H and O–H groups in total. The Morgan fingerprint density at radius 1 is 1.33 bits per heavy atom. The van der Waals surface area contributed by atoms with Gasteiger partial charge in [0, 0.05) is 0 Å². The average Bonchev–Trinajstić information content (AvgIpc) is 2.44. The standard InChI is InChI=1S/C11H13N3O/c1-8-11(2,12)10(15)14(13-8)9-6-4-3-5-7-9/h3-7H,12H2,1-2H3/t11-/m1/s1. The van der Waals surface area contributed by atoms with Crippen LogP contribution in [-0.2, 0) is 4.79 Å². The van der Waals surface area contributed by atoms with E-state index in [2.05, 4.69) is 5.10 Å². The Morgan fingerprint density at radius 3 is 2.40 bits per heavy atom. The fourth-order valence-electron chi connectivity index (χ4n) is 1.42. The molecule has 0 radical (unpaired) electrons. The van der Waals surface area contributed by atoms with E-state index in [9.17, 15) is 4.79 Å². The van der Waals surface area contributed by atoms with Gasteiger partial charge >= 0.3 is 0 Å². The quantitative estimate of drug-likeness (QED) is 0.743. The predicted octanol–water partition coefficient (Wildman–Crippen LogP) is 1.13. The van der Waals surface area contributed by atoms with Crippen molar-refractivity contribution in [3.05, 3.63) is 30.3 Å². The van der Waals surface area contributed by atoms with Gasteiger partial charge in [-0.05, 0) is 26.0 Å². The summed E-state index contributed by atoms with van der Waals surface area (Å²) in [5.41, 5.74) is 6.28. The van der Waals surface area contributed by atoms with Gasteiger partial charge in [0.2, 0.25) is 0 Å². The molecule has 2 rings (SSSR count). The van der Waals surface area contributed by atoms with Crippen molar-refractivity contribution in [1.82, 2.24) is 0 Å². The van der Waals surface area contributed by atoms with Gasteiger partial charge in [-0.15, -0.1) is 0 Å². The van der Waals surface area contributed by atoms with E-state index < -0.39 is 5.54 Å². The van der Waals surface area contributed by atoms with E-state index in [0.717, 1.165) is 5.69 Å². The van der Waals surface area contributed by atoms with Crippen LogP contribution in [0.4, 0.5) is 5.69 Å². The van der Waals surface area contributed by atoms with Gasteiger partial charge in [0.25, 0.3) is 5.91 Å². The molecule has 1 aliphatic heterocycles. The minimum atomic E-state index is -0.976. The summed E-state index contributed by atoms with van der Waals surface area (Å²) in [7, 11) is 0. The highest BCUT2D eigenvalue weighted by Gasteiger charge is 2.42. The van der Waals surface area contributed by atoms with Crippen LogP contribution < -0.4 is 10.7 Å². The number of carbonyl (C=O) groups is 1. The van der Waals surface area contributed by atoms with E-state index >= 15 is 0 Å². The number of amides is 1. The number of hydrazone groups is 1. The highest BCUT2D eigenvalue weighted by molar-refractivity contribution is 6.21. The van der Waals surface area contributed by atoms with Gasteiger partial charge < -0.3 is 5.73 Å². The lowest BCUT2D eigenvalue weighted by Crippen LogP contribution is -2.51. The summed E-state index contributed by atoms with van der Waals surface area (Å²) in [6, 6.07) is 9.27. The Labute approximate surface area is 88.4 Å². The van der Waals surface area contributed by atoms with E-state index in [4.69, 9.17) is 5.73 Å². The second kappa shape index (κ2) is 3.17. The Kier molecular flexibility index (Phi) is 2.08. The average molecular weight is 203 g/mol. The summed E-state index contributed by atoms with van der Waals surface area (Å²) < 4.78 is 0. The summed E-state index contributed by atoms with van der Waals surface area (Å²) in [4.78, 5) is 11.9. The van der Waals surface area contributed by atoms with Crippen LogP contribution in [0.15, 0.2) is 35.4 Å². The summed E-state index contributed by atoms with van der Waals surface area (Å²) in [5.74, 6) is -0.189. The first-order valence-electron chi connectivity index (χ1n) is 4.77. The number of para-hydroxylation sites is 1. The monoisotopic (exact) mass is 203 g/mol. The van der Waals surface area contributed by atoms with Crippen molar-refractivity contribution >= 4 is 17.3 Å². The van der Waals surface area contributed by atoms with Gasteiger partial charge in [-0.1, -0.05) is 18.2 Å². The van der Waals surface area contributed by atoms with Gasteiger partial charge in [-0.25, -0.2) is 0 Å². The van der Waals surface area contributed by atoms with Crippen molar-refractivity contribution in [3.63, 3.8) is 0 Å². The zero-order valence-corrected chi connectivity index (χ0v) is 8.77. The highest BCUT2D eigenvalue weighted by Crippen LogP contribution is 2.24. The second-order valence-corrected chi connectivity index (χ2v) is 3.84. The molecular weight excluding hydrogens is 190 g/mol. The third-order valence-electron chi connectivity index (χ3n) is 2.64. The second-order valence-electron chi connectivity index (χ2n) is 3.84. The van der Waals surface area contributed by atoms with Crippen molar-refractivity contribution in [3.8, 4) is 0 Å². The summed E-state index contributed by atoms with van der Waals surface area (Å²) in [5, 5.41) is 5.52. The molecule has 0 saturated heterocycles. The molecule has 1 amide bonds. The lowest BCUT2D eigenvalue weighted by molar-refractivity contribution is -0.120. The topological polar surface area (TPSA) is 58.7 Å². The maximum atomic E-state index is 11.9. The summed E-state index contributed by atoms with van der Waals surface area (Å²) in [6.07, 6.45) is 0. The number of hydrogen-bond donors (Lipinski definition) is 1. The van der Waals surface area contributed by atoms with E-state index in [0.29, 0.717) is 5.71 Å². The molecule has 1 heterocycles. The van der Waals surface area contributed by atoms with Crippen LogP contribution in [0.25, 0.3) is 0 Å². The minimum Gasteiger partial charge on any atom is -0.313 e. The fraction of sp³-hybridized carbons (Fsp3) is 0.273. The first kappa shape index (κ1) is 9.86. The van der Waals surface area contributed by atoms with Crippen LogP contribution in [-0.4, -0.2) is 17.2 Å². The lowest BCUT2D eigenvalue weighted by Gasteiger charge is -2.18. The number of nitrogens with zero attached hydrogens (tertiary/aromatic N) is 2. The number of benzene rings is 1. The molecule has 0 unspecified atom stereocenters. The molecular formula is C11H13N3O. The lowest BCUT2D eigenvalue weighted by atomic mass is 9.98. The van der Waals surface area contributed by atoms with Crippen LogP contribution in [0.5, 0.6) is 0 Å². The molecule has 0 fully saturated rings. The minimum absolute atomic E-state index is 0.189. The van der Waals surface area contributed by atoms with Gasteiger partial charge in [-0.2, -0.15) is 10.1 Å². The van der Waals surface area contributed by atoms with Crippen LogP contribution in [0, 0.1) is 0 Å². The molecule has 1 atom stereocenters. The Balaban J connectivity index is 2.40. The summed E-state index contributed by atoms with van der Waals surface area (Å²) in [6.45, 7) is 3.44. The Hall–Kier alpha value is -1.68. The number of anilines is 1. The smallest absolute Gasteiger partial charge is 0.273 e. The van der Waals surface area contributed by atoms with Crippen molar-refractivity contribution in [2.24, 2.45) is 10.8 Å². The molecule has 0 saturated carbocycles. The van der Waals surface area contributed by atoms with Crippen LogP contribution in [0.3, 0.4) is 0 Å². The molecule has 0 aromatic heterocycles. The predicted molar refractivity (Wildman–Crippen MR) is 59.6 cm³/mol. The van der Waals surface area contributed by atoms with Gasteiger partial charge in [0.05, 0.1) is 11.4 Å². The molecule has 78 valence electrons. The molecule has 0 spiro atoms. The largest absolute Gasteiger partial charge is 0.313 e. The van der Waals surface area contributed by atoms with E-state index in [-0.39, 0.29) is 5.91 Å². The van der Waals surface area contributed by atoms with Gasteiger partial charge in [0.1, 0.15) is 5.54 Å². The van der Waals surface area contributed by atoms with Crippen molar-refractivity contribution in [2.45, 2.75) is 19.4 Å². The van der Waals surface area contributed by atoms with Crippen LogP contribution in [0.1, 0.15) is 13.8 Å². The molecule has 1 aromatic carbocycles. The molecule has 1 aliphatic rings. The molecule has 4 heteroatoms. The molecule has 0 bridgehead atoms. The number of carbonyl (C=O) groups excluding carboxylic acids is 1. The maximum absolute atomic E-state index is 11.9. The zero-order valence-electron chi connectivity index (χ0n) is 8.77. The fourth-order valence-corrected chi connectivity index (χ4v) is 1.42.